The fraction of sp³-hybridized carbons (Fsp3) is 0.500. The second kappa shape index (κ2) is 4.96. The predicted octanol–water partition coefficient (Wildman–Crippen LogP) is 2.38. The van der Waals surface area contributed by atoms with Crippen LogP contribution >= 0.6 is 0 Å². The second-order valence-corrected chi connectivity index (χ2v) is 4.23. The first-order chi connectivity index (χ1) is 7.75. The number of rotatable bonds is 5. The Balaban J connectivity index is 1.83. The number of carboxylic acids is 1. The van der Waals surface area contributed by atoms with Gasteiger partial charge in [0.05, 0.1) is 0 Å². The van der Waals surface area contributed by atoms with Crippen LogP contribution in [0.1, 0.15) is 36.2 Å². The van der Waals surface area contributed by atoms with E-state index in [0.29, 0.717) is 5.82 Å². The van der Waals surface area contributed by atoms with E-state index in [-0.39, 0.29) is 5.69 Å². The number of hydrogen-bond donors (Lipinski definition) is 2. The van der Waals surface area contributed by atoms with Gasteiger partial charge >= 0.3 is 5.97 Å². The highest BCUT2D eigenvalue weighted by Gasteiger charge is 2.16. The smallest absolute Gasteiger partial charge is 0.354 e. The van der Waals surface area contributed by atoms with Crippen LogP contribution in [0.4, 0.5) is 5.82 Å². The van der Waals surface area contributed by atoms with E-state index in [2.05, 4.69) is 10.3 Å². The highest BCUT2D eigenvalue weighted by molar-refractivity contribution is 5.85. The summed E-state index contributed by atoms with van der Waals surface area (Å²) in [5, 5.41) is 11.9. The Hall–Kier alpha value is -1.58. The van der Waals surface area contributed by atoms with Crippen molar-refractivity contribution in [2.45, 2.75) is 25.7 Å². The van der Waals surface area contributed by atoms with Crippen molar-refractivity contribution in [3.8, 4) is 0 Å². The van der Waals surface area contributed by atoms with Gasteiger partial charge in [-0.25, -0.2) is 9.78 Å². The summed E-state index contributed by atoms with van der Waals surface area (Å²) in [4.78, 5) is 14.7. The maximum atomic E-state index is 10.7. The number of aromatic nitrogens is 1. The predicted molar refractivity (Wildman–Crippen MR) is 61.6 cm³/mol. The molecule has 2 N–H and O–H groups in total. The van der Waals surface area contributed by atoms with Crippen LogP contribution in [0.15, 0.2) is 18.2 Å². The number of nitrogens with zero attached hydrogens (tertiary/aromatic N) is 1. The fourth-order valence-corrected chi connectivity index (χ4v) is 1.84. The first-order valence-electron chi connectivity index (χ1n) is 5.70. The second-order valence-electron chi connectivity index (χ2n) is 4.23. The van der Waals surface area contributed by atoms with Crippen LogP contribution < -0.4 is 5.32 Å². The molecule has 4 heteroatoms. The molecule has 4 nitrogen and oxygen atoms in total. The summed E-state index contributed by atoms with van der Waals surface area (Å²) in [5.74, 6) is 0.525. The molecule has 86 valence electrons. The van der Waals surface area contributed by atoms with Gasteiger partial charge in [0, 0.05) is 6.54 Å². The Kier molecular flexibility index (Phi) is 3.39. The summed E-state index contributed by atoms with van der Waals surface area (Å²) in [6.45, 7) is 0.876. The SMILES string of the molecule is O=C(O)c1cccc(NCCC2CCC2)n1. The molecule has 0 amide bonds. The van der Waals surface area contributed by atoms with Crippen LogP contribution in [0.25, 0.3) is 0 Å². The maximum absolute atomic E-state index is 10.7. The molecule has 0 aromatic carbocycles. The third-order valence-electron chi connectivity index (χ3n) is 3.05. The third kappa shape index (κ3) is 2.72. The summed E-state index contributed by atoms with van der Waals surface area (Å²) in [5.41, 5.74) is 0.0913. The van der Waals surface area contributed by atoms with Crippen molar-refractivity contribution in [1.82, 2.24) is 4.98 Å². The normalized spacial score (nSPS) is 15.5. The van der Waals surface area contributed by atoms with Gasteiger partial charge in [-0.1, -0.05) is 25.3 Å². The molecule has 0 aliphatic heterocycles. The van der Waals surface area contributed by atoms with Crippen LogP contribution in [-0.4, -0.2) is 22.6 Å². The molecule has 0 spiro atoms. The Bertz CT molecular complexity index is 375. The van der Waals surface area contributed by atoms with Crippen LogP contribution in [0, 0.1) is 5.92 Å². The molecule has 0 saturated heterocycles. The third-order valence-corrected chi connectivity index (χ3v) is 3.05. The summed E-state index contributed by atoms with van der Waals surface area (Å²) >= 11 is 0. The summed E-state index contributed by atoms with van der Waals surface area (Å²) in [7, 11) is 0. The van der Waals surface area contributed by atoms with Gasteiger partial charge in [-0.15, -0.1) is 0 Å². The van der Waals surface area contributed by atoms with Crippen LogP contribution in [-0.2, 0) is 0 Å². The lowest BCUT2D eigenvalue weighted by molar-refractivity contribution is 0.0690. The molecular formula is C12H16N2O2. The van der Waals surface area contributed by atoms with E-state index < -0.39 is 5.97 Å². The molecule has 1 aliphatic rings. The number of carbonyl (C=O) groups is 1. The molecule has 1 aromatic heterocycles. The van der Waals surface area contributed by atoms with E-state index in [1.165, 1.54) is 25.3 Å². The van der Waals surface area contributed by atoms with E-state index in [9.17, 15) is 4.79 Å². The monoisotopic (exact) mass is 220 g/mol. The van der Waals surface area contributed by atoms with Crippen molar-refractivity contribution in [2.24, 2.45) is 5.92 Å². The first kappa shape index (κ1) is 10.9. The molecule has 1 aliphatic carbocycles. The number of anilines is 1. The number of pyridine rings is 1. The minimum absolute atomic E-state index is 0.0913. The number of nitrogens with one attached hydrogen (secondary N) is 1. The van der Waals surface area contributed by atoms with Crippen molar-refractivity contribution in [3.63, 3.8) is 0 Å². The molecule has 2 rings (SSSR count). The number of aromatic carboxylic acids is 1. The van der Waals surface area contributed by atoms with Crippen molar-refractivity contribution in [2.75, 3.05) is 11.9 Å². The van der Waals surface area contributed by atoms with Gasteiger partial charge in [-0.2, -0.15) is 0 Å². The molecule has 1 saturated carbocycles. The van der Waals surface area contributed by atoms with Crippen LogP contribution in [0.3, 0.4) is 0 Å². The van der Waals surface area contributed by atoms with E-state index in [1.54, 1.807) is 12.1 Å². The van der Waals surface area contributed by atoms with Gasteiger partial charge in [-0.05, 0) is 24.5 Å². The minimum Gasteiger partial charge on any atom is -0.477 e. The van der Waals surface area contributed by atoms with E-state index in [4.69, 9.17) is 5.11 Å². The van der Waals surface area contributed by atoms with Crippen molar-refractivity contribution >= 4 is 11.8 Å². The van der Waals surface area contributed by atoms with Gasteiger partial charge < -0.3 is 10.4 Å². The van der Waals surface area contributed by atoms with Gasteiger partial charge in [0.15, 0.2) is 5.69 Å². The first-order valence-corrected chi connectivity index (χ1v) is 5.70. The highest BCUT2D eigenvalue weighted by Crippen LogP contribution is 2.29. The summed E-state index contributed by atoms with van der Waals surface area (Å²) in [6.07, 6.45) is 5.19. The molecule has 0 bridgehead atoms. The summed E-state index contributed by atoms with van der Waals surface area (Å²) in [6, 6.07) is 5.01. The average molecular weight is 220 g/mol. The van der Waals surface area contributed by atoms with E-state index in [1.807, 2.05) is 0 Å². The fourth-order valence-electron chi connectivity index (χ4n) is 1.84. The average Bonchev–Trinajstić information content (AvgIpc) is 2.22. The maximum Gasteiger partial charge on any atom is 0.354 e. The Morgan fingerprint density at radius 2 is 2.31 bits per heavy atom. The molecule has 0 atom stereocenters. The summed E-state index contributed by atoms with van der Waals surface area (Å²) < 4.78 is 0. The number of hydrogen-bond acceptors (Lipinski definition) is 3. The Morgan fingerprint density at radius 3 is 2.94 bits per heavy atom. The van der Waals surface area contributed by atoms with Gasteiger partial charge in [-0.3, -0.25) is 0 Å². The van der Waals surface area contributed by atoms with Crippen LogP contribution in [0.5, 0.6) is 0 Å². The number of carboxylic acid groups (broad SMARTS) is 1. The molecule has 16 heavy (non-hydrogen) atoms. The Morgan fingerprint density at radius 1 is 1.50 bits per heavy atom. The van der Waals surface area contributed by atoms with Crippen LogP contribution in [0.2, 0.25) is 0 Å². The van der Waals surface area contributed by atoms with E-state index >= 15 is 0 Å². The lowest BCUT2D eigenvalue weighted by atomic mass is 9.83. The zero-order valence-electron chi connectivity index (χ0n) is 9.15. The zero-order chi connectivity index (χ0) is 11.4. The standard InChI is InChI=1S/C12H16N2O2/c15-12(16)10-5-2-6-11(14-10)13-8-7-9-3-1-4-9/h2,5-6,9H,1,3-4,7-8H2,(H,13,14)(H,15,16). The molecule has 1 heterocycles. The largest absolute Gasteiger partial charge is 0.477 e. The van der Waals surface area contributed by atoms with Crippen molar-refractivity contribution < 1.29 is 9.90 Å². The lowest BCUT2D eigenvalue weighted by Gasteiger charge is -2.25. The lowest BCUT2D eigenvalue weighted by Crippen LogP contribution is -2.16. The topological polar surface area (TPSA) is 62.2 Å². The molecule has 0 radical (unpaired) electrons. The molecule has 0 unspecified atom stereocenters. The van der Waals surface area contributed by atoms with Crippen molar-refractivity contribution in [1.29, 1.82) is 0 Å². The highest BCUT2D eigenvalue weighted by atomic mass is 16.4. The van der Waals surface area contributed by atoms with E-state index in [0.717, 1.165) is 18.9 Å². The quantitative estimate of drug-likeness (QED) is 0.799. The molecular weight excluding hydrogens is 204 g/mol. The Labute approximate surface area is 94.7 Å². The van der Waals surface area contributed by atoms with Crippen molar-refractivity contribution in [3.05, 3.63) is 23.9 Å². The van der Waals surface area contributed by atoms with Gasteiger partial charge in [0.25, 0.3) is 0 Å². The van der Waals surface area contributed by atoms with Gasteiger partial charge in [0.1, 0.15) is 5.82 Å². The molecule has 1 fully saturated rings. The van der Waals surface area contributed by atoms with Gasteiger partial charge in [0.2, 0.25) is 0 Å². The molecule has 1 aromatic rings. The minimum atomic E-state index is -0.984. The zero-order valence-corrected chi connectivity index (χ0v) is 9.15.